The van der Waals surface area contributed by atoms with E-state index in [1.165, 1.54) is 0 Å². The van der Waals surface area contributed by atoms with Crippen LogP contribution in [0.1, 0.15) is 12.8 Å². The number of hydrogen-bond acceptors (Lipinski definition) is 6. The highest BCUT2D eigenvalue weighted by molar-refractivity contribution is 5.76. The number of nitrogens with zero attached hydrogens (tertiary/aromatic N) is 4. The molecule has 0 amide bonds. The van der Waals surface area contributed by atoms with Crippen molar-refractivity contribution in [1.82, 2.24) is 24.6 Å². The Labute approximate surface area is 150 Å². The van der Waals surface area contributed by atoms with E-state index in [2.05, 4.69) is 25.3 Å². The average molecular weight is 354 g/mol. The fraction of sp³-hybridized carbons (Fsp3) is 0.389. The number of aromatic nitrogens is 4. The van der Waals surface area contributed by atoms with Crippen LogP contribution in [0.15, 0.2) is 41.3 Å². The van der Waals surface area contributed by atoms with Crippen LogP contribution in [0.25, 0.3) is 16.7 Å². The number of aliphatic hydroxyl groups is 1. The van der Waals surface area contributed by atoms with Crippen molar-refractivity contribution in [2.45, 2.75) is 18.9 Å². The van der Waals surface area contributed by atoms with Crippen molar-refractivity contribution < 1.29 is 5.11 Å². The standard InChI is InChI=1S/C18H22N6O2/c25-11-10-23-8-6-13(7-9-23)20-18-21-16-15(17(26)22-18)12-19-24(16)14-4-2-1-3-5-14/h1-5,12-13,25H,6-11H2,(H2,20,21,22,26). The highest BCUT2D eigenvalue weighted by atomic mass is 16.3. The normalized spacial score (nSPS) is 16.2. The van der Waals surface area contributed by atoms with Crippen molar-refractivity contribution in [2.75, 3.05) is 31.6 Å². The summed E-state index contributed by atoms with van der Waals surface area (Å²) in [7, 11) is 0. The van der Waals surface area contributed by atoms with Gasteiger partial charge in [0.05, 0.1) is 18.5 Å². The Morgan fingerprint density at radius 3 is 2.73 bits per heavy atom. The highest BCUT2D eigenvalue weighted by Gasteiger charge is 2.20. The molecule has 3 heterocycles. The van der Waals surface area contributed by atoms with E-state index in [1.807, 2.05) is 30.3 Å². The fourth-order valence-electron chi connectivity index (χ4n) is 3.38. The van der Waals surface area contributed by atoms with E-state index in [0.717, 1.165) is 31.6 Å². The Morgan fingerprint density at radius 1 is 1.23 bits per heavy atom. The first-order valence-corrected chi connectivity index (χ1v) is 8.88. The zero-order valence-electron chi connectivity index (χ0n) is 14.4. The van der Waals surface area contributed by atoms with Crippen molar-refractivity contribution in [3.05, 3.63) is 46.9 Å². The number of piperidine rings is 1. The first-order valence-electron chi connectivity index (χ1n) is 8.88. The van der Waals surface area contributed by atoms with Gasteiger partial charge in [0, 0.05) is 25.7 Å². The van der Waals surface area contributed by atoms with Gasteiger partial charge in [0.2, 0.25) is 5.95 Å². The third kappa shape index (κ3) is 3.33. The Hall–Kier alpha value is -2.71. The lowest BCUT2D eigenvalue weighted by molar-refractivity contribution is 0.168. The van der Waals surface area contributed by atoms with Crippen LogP contribution in [-0.2, 0) is 0 Å². The zero-order valence-corrected chi connectivity index (χ0v) is 14.4. The summed E-state index contributed by atoms with van der Waals surface area (Å²) in [6.45, 7) is 2.75. The number of H-pyrrole nitrogens is 1. The summed E-state index contributed by atoms with van der Waals surface area (Å²) in [5.41, 5.74) is 1.21. The number of rotatable bonds is 5. The number of nitrogens with one attached hydrogen (secondary N) is 2. The van der Waals surface area contributed by atoms with Crippen LogP contribution in [0.5, 0.6) is 0 Å². The molecule has 1 fully saturated rings. The lowest BCUT2D eigenvalue weighted by Gasteiger charge is -2.31. The molecular weight excluding hydrogens is 332 g/mol. The van der Waals surface area contributed by atoms with Gasteiger partial charge in [0.15, 0.2) is 5.65 Å². The van der Waals surface area contributed by atoms with Crippen LogP contribution in [0.4, 0.5) is 5.95 Å². The van der Waals surface area contributed by atoms with Gasteiger partial charge < -0.3 is 15.3 Å². The minimum Gasteiger partial charge on any atom is -0.395 e. The van der Waals surface area contributed by atoms with Gasteiger partial charge in [-0.05, 0) is 25.0 Å². The molecule has 4 rings (SSSR count). The maximum atomic E-state index is 12.4. The van der Waals surface area contributed by atoms with Gasteiger partial charge in [-0.25, -0.2) is 4.68 Å². The van der Waals surface area contributed by atoms with E-state index in [9.17, 15) is 4.79 Å². The molecule has 3 aromatic rings. The zero-order chi connectivity index (χ0) is 17.9. The van der Waals surface area contributed by atoms with Gasteiger partial charge >= 0.3 is 0 Å². The first-order chi connectivity index (χ1) is 12.7. The SMILES string of the molecule is O=c1[nH]c(NC2CCN(CCO)CC2)nc2c1cnn2-c1ccccc1. The summed E-state index contributed by atoms with van der Waals surface area (Å²) in [6.07, 6.45) is 3.44. The van der Waals surface area contributed by atoms with Crippen molar-refractivity contribution in [2.24, 2.45) is 0 Å². The maximum absolute atomic E-state index is 12.4. The second-order valence-electron chi connectivity index (χ2n) is 6.53. The molecule has 0 bridgehead atoms. The molecule has 0 aliphatic carbocycles. The van der Waals surface area contributed by atoms with Gasteiger partial charge in [0.25, 0.3) is 5.56 Å². The van der Waals surface area contributed by atoms with Gasteiger partial charge in [0.1, 0.15) is 5.39 Å². The number of likely N-dealkylation sites (tertiary alicyclic amines) is 1. The maximum Gasteiger partial charge on any atom is 0.263 e. The number of para-hydroxylation sites is 1. The van der Waals surface area contributed by atoms with E-state index in [-0.39, 0.29) is 18.2 Å². The lowest BCUT2D eigenvalue weighted by atomic mass is 10.1. The van der Waals surface area contributed by atoms with Crippen LogP contribution in [0, 0.1) is 0 Å². The predicted molar refractivity (Wildman–Crippen MR) is 99.7 cm³/mol. The molecule has 2 aromatic heterocycles. The first kappa shape index (κ1) is 16.7. The van der Waals surface area contributed by atoms with Crippen molar-refractivity contribution in [3.63, 3.8) is 0 Å². The van der Waals surface area contributed by atoms with Crippen LogP contribution >= 0.6 is 0 Å². The molecule has 0 radical (unpaired) electrons. The molecule has 8 heteroatoms. The topological polar surface area (TPSA) is 99.1 Å². The molecule has 1 aromatic carbocycles. The summed E-state index contributed by atoms with van der Waals surface area (Å²) in [6, 6.07) is 9.90. The number of aromatic amines is 1. The van der Waals surface area contributed by atoms with Gasteiger partial charge in [-0.15, -0.1) is 0 Å². The van der Waals surface area contributed by atoms with Gasteiger partial charge in [-0.1, -0.05) is 18.2 Å². The van der Waals surface area contributed by atoms with Crippen LogP contribution < -0.4 is 10.9 Å². The molecule has 1 aliphatic heterocycles. The largest absolute Gasteiger partial charge is 0.395 e. The molecule has 0 unspecified atom stereocenters. The van der Waals surface area contributed by atoms with E-state index in [0.29, 0.717) is 23.5 Å². The van der Waals surface area contributed by atoms with Crippen molar-refractivity contribution in [1.29, 1.82) is 0 Å². The smallest absolute Gasteiger partial charge is 0.263 e. The van der Waals surface area contributed by atoms with E-state index in [4.69, 9.17) is 5.11 Å². The Morgan fingerprint density at radius 2 is 2.00 bits per heavy atom. The summed E-state index contributed by atoms with van der Waals surface area (Å²) in [4.78, 5) is 22.1. The predicted octanol–water partition coefficient (Wildman–Crippen LogP) is 0.977. The summed E-state index contributed by atoms with van der Waals surface area (Å²) < 4.78 is 1.68. The van der Waals surface area contributed by atoms with Crippen LogP contribution in [0.2, 0.25) is 0 Å². The van der Waals surface area contributed by atoms with Crippen molar-refractivity contribution >= 4 is 17.0 Å². The van der Waals surface area contributed by atoms with E-state index in [1.54, 1.807) is 10.9 Å². The van der Waals surface area contributed by atoms with E-state index >= 15 is 0 Å². The minimum absolute atomic E-state index is 0.188. The Kier molecular flexibility index (Phi) is 4.68. The Bertz CT molecular complexity index is 928. The molecule has 136 valence electrons. The van der Waals surface area contributed by atoms with Crippen LogP contribution in [-0.4, -0.2) is 62.0 Å². The minimum atomic E-state index is -0.197. The number of hydrogen-bond donors (Lipinski definition) is 3. The van der Waals surface area contributed by atoms with Gasteiger partial charge in [-0.2, -0.15) is 10.1 Å². The molecule has 0 atom stereocenters. The number of anilines is 1. The second-order valence-corrected chi connectivity index (χ2v) is 6.53. The lowest BCUT2D eigenvalue weighted by Crippen LogP contribution is -2.40. The van der Waals surface area contributed by atoms with Crippen LogP contribution in [0.3, 0.4) is 0 Å². The molecule has 26 heavy (non-hydrogen) atoms. The highest BCUT2D eigenvalue weighted by Crippen LogP contribution is 2.17. The third-order valence-electron chi connectivity index (χ3n) is 4.78. The monoisotopic (exact) mass is 354 g/mol. The number of aliphatic hydroxyl groups excluding tert-OH is 1. The summed E-state index contributed by atoms with van der Waals surface area (Å²) in [5, 5.41) is 17.2. The Balaban J connectivity index is 1.58. The summed E-state index contributed by atoms with van der Waals surface area (Å²) in [5.74, 6) is 0.473. The van der Waals surface area contributed by atoms with E-state index < -0.39 is 0 Å². The fourth-order valence-corrected chi connectivity index (χ4v) is 3.38. The molecule has 8 nitrogen and oxygen atoms in total. The summed E-state index contributed by atoms with van der Waals surface area (Å²) >= 11 is 0. The third-order valence-corrected chi connectivity index (χ3v) is 4.78. The average Bonchev–Trinajstić information content (AvgIpc) is 3.09. The van der Waals surface area contributed by atoms with Gasteiger partial charge in [-0.3, -0.25) is 9.78 Å². The molecule has 1 aliphatic rings. The molecule has 1 saturated heterocycles. The number of β-amino-alcohol motifs (C(OH)–C–C–N with tert-alkyl or cyclic N) is 1. The number of benzene rings is 1. The quantitative estimate of drug-likeness (QED) is 0.632. The second kappa shape index (κ2) is 7.27. The number of fused-ring (bicyclic) bond motifs is 1. The molecule has 3 N–H and O–H groups in total. The van der Waals surface area contributed by atoms with Crippen molar-refractivity contribution in [3.8, 4) is 5.69 Å². The molecule has 0 saturated carbocycles. The molecule has 0 spiro atoms. The molecular formula is C18H22N6O2.